The largest absolute Gasteiger partial charge is 0.494 e. The molecule has 8 heteroatoms. The maximum atomic E-state index is 12.3. The van der Waals surface area contributed by atoms with Gasteiger partial charge in [-0.1, -0.05) is 35.9 Å². The predicted molar refractivity (Wildman–Crippen MR) is 103 cm³/mol. The van der Waals surface area contributed by atoms with E-state index >= 15 is 0 Å². The minimum absolute atomic E-state index is 0.217. The highest BCUT2D eigenvalue weighted by atomic mass is 35.5. The lowest BCUT2D eigenvalue weighted by Crippen LogP contribution is -2.40. The molecule has 0 radical (unpaired) electrons. The average Bonchev–Trinajstić information content (AvgIpc) is 2.58. The summed E-state index contributed by atoms with van der Waals surface area (Å²) in [5.74, 6) is 0.104. The minimum Gasteiger partial charge on any atom is -0.494 e. The zero-order valence-electron chi connectivity index (χ0n) is 14.6. The molecule has 2 aromatic carbocycles. The number of ether oxygens (including phenoxy) is 1. The van der Waals surface area contributed by atoms with Gasteiger partial charge in [0.2, 0.25) is 15.9 Å². The van der Waals surface area contributed by atoms with E-state index in [9.17, 15) is 13.2 Å². The SMILES string of the molecule is CCOc1cccc(N(CC(=O)NCc2ccccc2Cl)S(C)(=O)=O)c1. The molecule has 0 spiro atoms. The van der Waals surface area contributed by atoms with Crippen LogP contribution in [0.3, 0.4) is 0 Å². The maximum absolute atomic E-state index is 12.3. The highest BCUT2D eigenvalue weighted by Gasteiger charge is 2.21. The second kappa shape index (κ2) is 8.91. The number of carbonyl (C=O) groups is 1. The Morgan fingerprint density at radius 1 is 1.19 bits per heavy atom. The van der Waals surface area contributed by atoms with Crippen LogP contribution >= 0.6 is 11.6 Å². The van der Waals surface area contributed by atoms with Crippen molar-refractivity contribution in [3.63, 3.8) is 0 Å². The molecule has 0 heterocycles. The van der Waals surface area contributed by atoms with Gasteiger partial charge in [0.15, 0.2) is 0 Å². The Morgan fingerprint density at radius 3 is 2.58 bits per heavy atom. The number of nitrogens with zero attached hydrogens (tertiary/aromatic N) is 1. The Morgan fingerprint density at radius 2 is 1.92 bits per heavy atom. The summed E-state index contributed by atoms with van der Waals surface area (Å²) < 4.78 is 30.7. The number of nitrogens with one attached hydrogen (secondary N) is 1. The number of sulfonamides is 1. The van der Waals surface area contributed by atoms with Crippen molar-refractivity contribution in [1.82, 2.24) is 5.32 Å². The van der Waals surface area contributed by atoms with Crippen molar-refractivity contribution in [2.24, 2.45) is 0 Å². The topological polar surface area (TPSA) is 75.7 Å². The molecule has 0 atom stereocenters. The van der Waals surface area contributed by atoms with Crippen LogP contribution in [0.2, 0.25) is 5.02 Å². The maximum Gasteiger partial charge on any atom is 0.241 e. The summed E-state index contributed by atoms with van der Waals surface area (Å²) in [4.78, 5) is 12.3. The molecule has 0 aromatic heterocycles. The molecule has 0 saturated heterocycles. The molecule has 0 aliphatic heterocycles. The molecule has 0 unspecified atom stereocenters. The number of anilines is 1. The van der Waals surface area contributed by atoms with Gasteiger partial charge in [-0.2, -0.15) is 0 Å². The zero-order valence-corrected chi connectivity index (χ0v) is 16.2. The monoisotopic (exact) mass is 396 g/mol. The van der Waals surface area contributed by atoms with Crippen LogP contribution in [-0.2, 0) is 21.4 Å². The van der Waals surface area contributed by atoms with Crippen LogP contribution in [0.15, 0.2) is 48.5 Å². The van der Waals surface area contributed by atoms with Gasteiger partial charge >= 0.3 is 0 Å². The number of carbonyl (C=O) groups excluding carboxylic acids is 1. The van der Waals surface area contributed by atoms with E-state index in [1.807, 2.05) is 13.0 Å². The second-order valence-corrected chi connectivity index (χ2v) is 7.88. The van der Waals surface area contributed by atoms with Crippen LogP contribution in [0.25, 0.3) is 0 Å². The lowest BCUT2D eigenvalue weighted by molar-refractivity contribution is -0.119. The minimum atomic E-state index is -3.64. The van der Waals surface area contributed by atoms with Gasteiger partial charge in [-0.3, -0.25) is 9.10 Å². The summed E-state index contributed by atoms with van der Waals surface area (Å²) in [6.07, 6.45) is 1.06. The molecule has 140 valence electrons. The fourth-order valence-electron chi connectivity index (χ4n) is 2.32. The van der Waals surface area contributed by atoms with Crippen LogP contribution < -0.4 is 14.4 Å². The Kier molecular flexibility index (Phi) is 6.88. The van der Waals surface area contributed by atoms with Crippen LogP contribution in [0, 0.1) is 0 Å². The molecular formula is C18H21ClN2O4S. The summed E-state index contributed by atoms with van der Waals surface area (Å²) in [6.45, 7) is 2.18. The van der Waals surface area contributed by atoms with E-state index in [2.05, 4.69) is 5.32 Å². The molecule has 2 aromatic rings. The summed E-state index contributed by atoms with van der Waals surface area (Å²) in [7, 11) is -3.64. The Hall–Kier alpha value is -2.25. The van der Waals surface area contributed by atoms with Crippen LogP contribution in [0.1, 0.15) is 12.5 Å². The van der Waals surface area contributed by atoms with E-state index in [1.54, 1.807) is 42.5 Å². The standard InChI is InChI=1S/C18H21ClN2O4S/c1-3-25-16-9-6-8-15(11-16)21(26(2,23)24)13-18(22)20-12-14-7-4-5-10-17(14)19/h4-11H,3,12-13H2,1-2H3,(H,20,22). The third-order valence-corrected chi connectivity index (χ3v) is 5.05. The van der Waals surface area contributed by atoms with Gasteiger partial charge in [0.25, 0.3) is 0 Å². The van der Waals surface area contributed by atoms with Crippen molar-refractivity contribution in [2.75, 3.05) is 23.7 Å². The third kappa shape index (κ3) is 5.64. The third-order valence-electron chi connectivity index (χ3n) is 3.54. The first kappa shape index (κ1) is 20.1. The van der Waals surface area contributed by atoms with Gasteiger partial charge < -0.3 is 10.1 Å². The van der Waals surface area contributed by atoms with Crippen molar-refractivity contribution in [2.45, 2.75) is 13.5 Å². The Balaban J connectivity index is 2.12. The molecule has 1 N–H and O–H groups in total. The Labute approximate surface area is 158 Å². The molecule has 0 bridgehead atoms. The molecule has 0 fully saturated rings. The molecule has 2 rings (SSSR count). The quantitative estimate of drug-likeness (QED) is 0.744. The number of hydrogen-bond donors (Lipinski definition) is 1. The predicted octanol–water partition coefficient (Wildman–Crippen LogP) is 2.82. The molecule has 0 aliphatic rings. The lowest BCUT2D eigenvalue weighted by atomic mass is 10.2. The smallest absolute Gasteiger partial charge is 0.241 e. The summed E-state index contributed by atoms with van der Waals surface area (Å²) in [6, 6.07) is 13.7. The Bertz CT molecular complexity index is 871. The fourth-order valence-corrected chi connectivity index (χ4v) is 3.37. The zero-order chi connectivity index (χ0) is 19.2. The van der Waals surface area contributed by atoms with Gasteiger partial charge in [0.05, 0.1) is 18.6 Å². The molecular weight excluding hydrogens is 376 g/mol. The fraction of sp³-hybridized carbons (Fsp3) is 0.278. The van der Waals surface area contributed by atoms with E-state index in [1.165, 1.54) is 0 Å². The summed E-state index contributed by atoms with van der Waals surface area (Å²) >= 11 is 6.06. The summed E-state index contributed by atoms with van der Waals surface area (Å²) in [5.41, 5.74) is 1.12. The van der Waals surface area contributed by atoms with Gasteiger partial charge in [0, 0.05) is 17.6 Å². The van der Waals surface area contributed by atoms with Crippen LogP contribution in [0.4, 0.5) is 5.69 Å². The number of benzene rings is 2. The van der Waals surface area contributed by atoms with Gasteiger partial charge in [-0.05, 0) is 30.7 Å². The number of hydrogen-bond acceptors (Lipinski definition) is 4. The highest BCUT2D eigenvalue weighted by Crippen LogP contribution is 2.23. The molecule has 6 nitrogen and oxygen atoms in total. The van der Waals surface area contributed by atoms with E-state index in [0.29, 0.717) is 23.1 Å². The normalized spacial score (nSPS) is 11.0. The highest BCUT2D eigenvalue weighted by molar-refractivity contribution is 7.92. The second-order valence-electron chi connectivity index (χ2n) is 5.57. The van der Waals surface area contributed by atoms with E-state index < -0.39 is 15.9 Å². The van der Waals surface area contributed by atoms with Crippen molar-refractivity contribution in [1.29, 1.82) is 0 Å². The molecule has 1 amide bonds. The summed E-state index contributed by atoms with van der Waals surface area (Å²) in [5, 5.41) is 3.23. The van der Waals surface area contributed by atoms with E-state index in [0.717, 1.165) is 16.1 Å². The van der Waals surface area contributed by atoms with Gasteiger partial charge in [0.1, 0.15) is 12.3 Å². The van der Waals surface area contributed by atoms with Crippen LogP contribution in [-0.4, -0.2) is 33.7 Å². The average molecular weight is 397 g/mol. The first-order valence-corrected chi connectivity index (χ1v) is 10.2. The van der Waals surface area contributed by atoms with Crippen molar-refractivity contribution in [3.8, 4) is 5.75 Å². The molecule has 26 heavy (non-hydrogen) atoms. The van der Waals surface area contributed by atoms with Crippen molar-refractivity contribution < 1.29 is 17.9 Å². The van der Waals surface area contributed by atoms with Gasteiger partial charge in [-0.25, -0.2) is 8.42 Å². The number of rotatable bonds is 8. The number of amides is 1. The first-order valence-electron chi connectivity index (χ1n) is 8.02. The van der Waals surface area contributed by atoms with Crippen LogP contribution in [0.5, 0.6) is 5.75 Å². The first-order chi connectivity index (χ1) is 12.3. The van der Waals surface area contributed by atoms with Gasteiger partial charge in [-0.15, -0.1) is 0 Å². The van der Waals surface area contributed by atoms with Crippen molar-refractivity contribution >= 4 is 33.2 Å². The van der Waals surface area contributed by atoms with E-state index in [-0.39, 0.29) is 13.1 Å². The van der Waals surface area contributed by atoms with Crippen molar-refractivity contribution in [3.05, 3.63) is 59.1 Å². The number of halogens is 1. The molecule has 0 aliphatic carbocycles. The molecule has 0 saturated carbocycles. The lowest BCUT2D eigenvalue weighted by Gasteiger charge is -2.22. The van der Waals surface area contributed by atoms with E-state index in [4.69, 9.17) is 16.3 Å².